The van der Waals surface area contributed by atoms with Gasteiger partial charge in [-0.15, -0.1) is 0 Å². The summed E-state index contributed by atoms with van der Waals surface area (Å²) in [4.78, 5) is 23.6. The van der Waals surface area contributed by atoms with Crippen molar-refractivity contribution in [2.24, 2.45) is 5.92 Å². The molecule has 0 aliphatic heterocycles. The number of nitrogens with zero attached hydrogens (tertiary/aromatic N) is 1. The lowest BCUT2D eigenvalue weighted by Gasteiger charge is -2.22. The summed E-state index contributed by atoms with van der Waals surface area (Å²) in [5.41, 5.74) is 0. The molecule has 0 saturated heterocycles. The van der Waals surface area contributed by atoms with E-state index in [2.05, 4.69) is 0 Å². The van der Waals surface area contributed by atoms with Gasteiger partial charge in [0.15, 0.2) is 0 Å². The van der Waals surface area contributed by atoms with Gasteiger partial charge in [0, 0.05) is 26.8 Å². The van der Waals surface area contributed by atoms with Crippen LogP contribution in [-0.4, -0.2) is 55.1 Å². The van der Waals surface area contributed by atoms with E-state index >= 15 is 0 Å². The molecule has 0 amide bonds. The maximum Gasteiger partial charge on any atom is 0.307 e. The van der Waals surface area contributed by atoms with Crippen molar-refractivity contribution in [1.29, 1.82) is 0 Å². The van der Waals surface area contributed by atoms with E-state index < -0.39 is 11.9 Å². The normalized spacial score (nSPS) is 12.8. The average molecular weight is 231 g/mol. The minimum atomic E-state index is -0.833. The van der Waals surface area contributed by atoms with Crippen LogP contribution in [0.25, 0.3) is 0 Å². The molecule has 16 heavy (non-hydrogen) atoms. The molecular formula is C11H21NO4. The van der Waals surface area contributed by atoms with E-state index in [0.717, 1.165) is 6.42 Å². The molecule has 0 aromatic carbocycles. The molecule has 0 saturated carbocycles. The minimum Gasteiger partial charge on any atom is -0.481 e. The lowest BCUT2D eigenvalue weighted by atomic mass is 10.1. The number of ketones is 1. The Hall–Kier alpha value is -0.940. The van der Waals surface area contributed by atoms with Crippen LogP contribution in [0.15, 0.2) is 0 Å². The number of methoxy groups -OCH3 is 1. The van der Waals surface area contributed by atoms with Crippen molar-refractivity contribution in [3.63, 3.8) is 0 Å². The van der Waals surface area contributed by atoms with Gasteiger partial charge in [-0.1, -0.05) is 6.92 Å². The Bertz CT molecular complexity index is 230. The number of carbonyl (C=O) groups excluding carboxylic acids is 1. The third kappa shape index (κ3) is 7.36. The number of carboxylic acid groups (broad SMARTS) is 1. The fourth-order valence-electron chi connectivity index (χ4n) is 1.45. The first-order chi connectivity index (χ1) is 7.47. The van der Waals surface area contributed by atoms with E-state index in [4.69, 9.17) is 9.84 Å². The van der Waals surface area contributed by atoms with Gasteiger partial charge in [-0.2, -0.15) is 0 Å². The summed E-state index contributed by atoms with van der Waals surface area (Å²) in [6.07, 6.45) is 0.802. The average Bonchev–Trinajstić information content (AvgIpc) is 2.16. The Kier molecular flexibility index (Phi) is 7.76. The number of Topliss-reactive ketones (excluding diaryl/α,β-unsaturated/α-hetero) is 1. The number of ether oxygens (including phenoxy) is 1. The molecule has 1 atom stereocenters. The summed E-state index contributed by atoms with van der Waals surface area (Å²) in [7, 11) is 1.62. The van der Waals surface area contributed by atoms with Crippen molar-refractivity contribution < 1.29 is 19.4 Å². The summed E-state index contributed by atoms with van der Waals surface area (Å²) in [6.45, 7) is 5.17. The lowest BCUT2D eigenvalue weighted by Crippen LogP contribution is -2.36. The van der Waals surface area contributed by atoms with E-state index in [1.807, 2.05) is 4.90 Å². The highest BCUT2D eigenvalue weighted by molar-refractivity contribution is 5.77. The fourth-order valence-corrected chi connectivity index (χ4v) is 1.45. The van der Waals surface area contributed by atoms with Crippen molar-refractivity contribution in [3.05, 3.63) is 0 Å². The van der Waals surface area contributed by atoms with Crippen LogP contribution in [0.1, 0.15) is 20.3 Å². The van der Waals surface area contributed by atoms with Crippen LogP contribution >= 0.6 is 0 Å². The summed E-state index contributed by atoms with van der Waals surface area (Å²) in [6, 6.07) is 0. The number of carbonyl (C=O) groups is 2. The molecule has 0 bridgehead atoms. The van der Waals surface area contributed by atoms with Gasteiger partial charge in [0.25, 0.3) is 0 Å². The van der Waals surface area contributed by atoms with Crippen LogP contribution in [0.5, 0.6) is 0 Å². The highest BCUT2D eigenvalue weighted by atomic mass is 16.5. The number of carboxylic acids is 1. The van der Waals surface area contributed by atoms with Crippen LogP contribution in [0.4, 0.5) is 0 Å². The molecule has 0 fully saturated rings. The van der Waals surface area contributed by atoms with Gasteiger partial charge >= 0.3 is 5.97 Å². The van der Waals surface area contributed by atoms with Crippen molar-refractivity contribution in [1.82, 2.24) is 4.90 Å². The van der Waals surface area contributed by atoms with E-state index in [0.29, 0.717) is 26.2 Å². The first kappa shape index (κ1) is 15.1. The van der Waals surface area contributed by atoms with E-state index in [1.54, 1.807) is 14.0 Å². The van der Waals surface area contributed by atoms with Gasteiger partial charge in [0.1, 0.15) is 5.78 Å². The first-order valence-electron chi connectivity index (χ1n) is 5.41. The third-order valence-corrected chi connectivity index (χ3v) is 2.22. The van der Waals surface area contributed by atoms with Crippen LogP contribution in [-0.2, 0) is 14.3 Å². The monoisotopic (exact) mass is 231 g/mol. The van der Waals surface area contributed by atoms with Gasteiger partial charge in [-0.3, -0.25) is 14.5 Å². The first-order valence-corrected chi connectivity index (χ1v) is 5.41. The fraction of sp³-hybridized carbons (Fsp3) is 0.818. The smallest absolute Gasteiger partial charge is 0.307 e. The van der Waals surface area contributed by atoms with E-state index in [9.17, 15) is 9.59 Å². The second kappa shape index (κ2) is 8.24. The standard InChI is InChI=1S/C11H21NO4/c1-9(11(14)15)7-12(8-10(2)13)5-4-6-16-3/h9H,4-8H2,1-3H3,(H,14,15). The Labute approximate surface area is 96.4 Å². The van der Waals surface area contributed by atoms with Crippen LogP contribution in [0, 0.1) is 5.92 Å². The molecule has 0 aliphatic rings. The van der Waals surface area contributed by atoms with Crippen molar-refractivity contribution >= 4 is 11.8 Å². The van der Waals surface area contributed by atoms with Gasteiger partial charge < -0.3 is 9.84 Å². The van der Waals surface area contributed by atoms with Crippen LogP contribution < -0.4 is 0 Å². The quantitative estimate of drug-likeness (QED) is 0.590. The third-order valence-electron chi connectivity index (χ3n) is 2.22. The van der Waals surface area contributed by atoms with Crippen molar-refractivity contribution in [2.75, 3.05) is 33.4 Å². The molecule has 0 aromatic rings. The summed E-state index contributed by atoms with van der Waals surface area (Å²) >= 11 is 0. The number of hydrogen-bond acceptors (Lipinski definition) is 4. The van der Waals surface area contributed by atoms with Gasteiger partial charge in [0.05, 0.1) is 12.5 Å². The molecule has 0 rings (SSSR count). The molecule has 0 aliphatic carbocycles. The summed E-state index contributed by atoms with van der Waals surface area (Å²) in [5.74, 6) is -1.24. The van der Waals surface area contributed by atoms with Gasteiger partial charge in [-0.25, -0.2) is 0 Å². The molecule has 1 unspecified atom stereocenters. The summed E-state index contributed by atoms with van der Waals surface area (Å²) in [5, 5.41) is 8.80. The maximum absolute atomic E-state index is 11.0. The number of aliphatic carboxylic acids is 1. The lowest BCUT2D eigenvalue weighted by molar-refractivity contribution is -0.142. The molecule has 5 nitrogen and oxygen atoms in total. The van der Waals surface area contributed by atoms with E-state index in [-0.39, 0.29) is 5.78 Å². The van der Waals surface area contributed by atoms with E-state index in [1.165, 1.54) is 6.92 Å². The zero-order chi connectivity index (χ0) is 12.6. The highest BCUT2D eigenvalue weighted by Gasteiger charge is 2.16. The molecule has 0 radical (unpaired) electrons. The largest absolute Gasteiger partial charge is 0.481 e. The molecule has 1 N–H and O–H groups in total. The Morgan fingerprint density at radius 3 is 2.50 bits per heavy atom. The molecular weight excluding hydrogens is 210 g/mol. The Morgan fingerprint density at radius 1 is 1.44 bits per heavy atom. The second-order valence-corrected chi connectivity index (χ2v) is 4.02. The van der Waals surface area contributed by atoms with Crippen LogP contribution in [0.3, 0.4) is 0 Å². The Balaban J connectivity index is 4.08. The molecule has 0 heterocycles. The van der Waals surface area contributed by atoms with Crippen molar-refractivity contribution in [3.8, 4) is 0 Å². The minimum absolute atomic E-state index is 0.0509. The molecule has 0 aromatic heterocycles. The predicted molar refractivity (Wildman–Crippen MR) is 60.4 cm³/mol. The molecule has 0 spiro atoms. The Morgan fingerprint density at radius 2 is 2.06 bits per heavy atom. The van der Waals surface area contributed by atoms with Crippen LogP contribution in [0.2, 0.25) is 0 Å². The van der Waals surface area contributed by atoms with Crippen molar-refractivity contribution in [2.45, 2.75) is 20.3 Å². The molecule has 5 heteroatoms. The topological polar surface area (TPSA) is 66.8 Å². The summed E-state index contributed by atoms with van der Waals surface area (Å²) < 4.78 is 4.92. The van der Waals surface area contributed by atoms with Gasteiger partial charge in [-0.05, 0) is 13.3 Å². The number of rotatable bonds is 9. The SMILES string of the molecule is COCCCN(CC(C)=O)CC(C)C(=O)O. The predicted octanol–water partition coefficient (Wildman–Crippen LogP) is 0.635. The highest BCUT2D eigenvalue weighted by Crippen LogP contribution is 2.02. The van der Waals surface area contributed by atoms with Gasteiger partial charge in [0.2, 0.25) is 0 Å². The zero-order valence-corrected chi connectivity index (χ0v) is 10.2. The maximum atomic E-state index is 11.0. The number of hydrogen-bond donors (Lipinski definition) is 1. The zero-order valence-electron chi connectivity index (χ0n) is 10.2. The second-order valence-electron chi connectivity index (χ2n) is 4.02. The molecule has 94 valence electrons.